The molecule has 1 saturated heterocycles. The fourth-order valence-electron chi connectivity index (χ4n) is 2.35. The molecule has 1 fully saturated rings. The topological polar surface area (TPSA) is 82.5 Å². The lowest BCUT2D eigenvalue weighted by atomic mass is 10.1. The summed E-state index contributed by atoms with van der Waals surface area (Å²) >= 11 is 0. The molecule has 124 valence electrons. The molecule has 2 N–H and O–H groups in total. The molecule has 1 heterocycles. The average molecular weight is 304 g/mol. The Bertz CT molecular complexity index is 332. The van der Waals surface area contributed by atoms with Gasteiger partial charge in [0.2, 0.25) is 0 Å². The largest absolute Gasteiger partial charge is 0.444 e. The van der Waals surface area contributed by atoms with Gasteiger partial charge in [-0.2, -0.15) is 0 Å². The van der Waals surface area contributed by atoms with Crippen molar-refractivity contribution in [2.45, 2.75) is 38.5 Å². The first-order valence-corrected chi connectivity index (χ1v) is 7.26. The summed E-state index contributed by atoms with van der Waals surface area (Å²) in [7, 11) is 1.54. The van der Waals surface area contributed by atoms with Crippen LogP contribution in [-0.2, 0) is 9.47 Å². The third-order valence-corrected chi connectivity index (χ3v) is 3.23. The molecule has 1 amide bonds. The molecule has 0 aromatic rings. The summed E-state index contributed by atoms with van der Waals surface area (Å²) in [5.41, 5.74) is -0.553. The maximum absolute atomic E-state index is 12.1. The number of β-amino-alcohol motifs (C(OH)–C–C–N with tert-alkyl or cyclic N) is 1. The lowest BCUT2D eigenvalue weighted by Crippen LogP contribution is -2.58. The summed E-state index contributed by atoms with van der Waals surface area (Å²) in [6, 6.07) is -0.316. The van der Waals surface area contributed by atoms with Gasteiger partial charge in [-0.25, -0.2) is 4.79 Å². The SMILES string of the molecule is COC[C@@H](O)CN1CCN(C(=O)OC(C)(C)C)[C@H](CO)C1. The van der Waals surface area contributed by atoms with Crippen LogP contribution in [0.1, 0.15) is 20.8 Å². The minimum absolute atomic E-state index is 0.129. The van der Waals surface area contributed by atoms with Gasteiger partial charge in [0.05, 0.1) is 25.4 Å². The van der Waals surface area contributed by atoms with Crippen LogP contribution in [0.5, 0.6) is 0 Å². The maximum Gasteiger partial charge on any atom is 0.410 e. The predicted molar refractivity (Wildman–Crippen MR) is 78.1 cm³/mol. The highest BCUT2D eigenvalue weighted by molar-refractivity contribution is 5.68. The Balaban J connectivity index is 2.55. The first kappa shape index (κ1) is 18.2. The van der Waals surface area contributed by atoms with E-state index in [1.54, 1.807) is 12.0 Å². The van der Waals surface area contributed by atoms with Crippen molar-refractivity contribution in [3.05, 3.63) is 0 Å². The van der Waals surface area contributed by atoms with E-state index < -0.39 is 17.8 Å². The lowest BCUT2D eigenvalue weighted by Gasteiger charge is -2.41. The third kappa shape index (κ3) is 6.17. The van der Waals surface area contributed by atoms with Crippen LogP contribution in [0.15, 0.2) is 0 Å². The highest BCUT2D eigenvalue weighted by Gasteiger charge is 2.33. The quantitative estimate of drug-likeness (QED) is 0.738. The summed E-state index contributed by atoms with van der Waals surface area (Å²) in [6.07, 6.45) is -0.971. The fraction of sp³-hybridized carbons (Fsp3) is 0.929. The summed E-state index contributed by atoms with van der Waals surface area (Å²) in [5.74, 6) is 0. The number of carbonyl (C=O) groups is 1. The number of hydrogen-bond donors (Lipinski definition) is 2. The summed E-state index contributed by atoms with van der Waals surface area (Å²) in [6.45, 7) is 7.67. The Morgan fingerprint density at radius 2 is 2.05 bits per heavy atom. The molecule has 0 spiro atoms. The normalized spacial score (nSPS) is 22.2. The Labute approximate surface area is 126 Å². The van der Waals surface area contributed by atoms with Crippen molar-refractivity contribution >= 4 is 6.09 Å². The van der Waals surface area contributed by atoms with Gasteiger partial charge in [-0.05, 0) is 20.8 Å². The summed E-state index contributed by atoms with van der Waals surface area (Å²) in [5, 5.41) is 19.3. The molecular weight excluding hydrogens is 276 g/mol. The van der Waals surface area contributed by atoms with Crippen LogP contribution in [0, 0.1) is 0 Å². The highest BCUT2D eigenvalue weighted by Crippen LogP contribution is 2.16. The Morgan fingerprint density at radius 3 is 2.57 bits per heavy atom. The molecule has 0 bridgehead atoms. The van der Waals surface area contributed by atoms with E-state index in [1.165, 1.54) is 0 Å². The van der Waals surface area contributed by atoms with E-state index in [0.717, 1.165) is 0 Å². The van der Waals surface area contributed by atoms with Crippen molar-refractivity contribution in [2.75, 3.05) is 46.5 Å². The zero-order chi connectivity index (χ0) is 16.0. The minimum atomic E-state index is -0.567. The van der Waals surface area contributed by atoms with Crippen LogP contribution in [0.4, 0.5) is 4.79 Å². The molecule has 0 aromatic heterocycles. The second-order valence-corrected chi connectivity index (χ2v) is 6.38. The number of aliphatic hydroxyl groups excluding tert-OH is 2. The Hall–Kier alpha value is -0.890. The summed E-state index contributed by atoms with van der Waals surface area (Å²) < 4.78 is 10.3. The van der Waals surface area contributed by atoms with Gasteiger partial charge in [0, 0.05) is 33.3 Å². The van der Waals surface area contributed by atoms with E-state index in [1.807, 2.05) is 25.7 Å². The molecule has 0 saturated carbocycles. The molecule has 0 unspecified atom stereocenters. The molecule has 21 heavy (non-hydrogen) atoms. The third-order valence-electron chi connectivity index (χ3n) is 3.23. The van der Waals surface area contributed by atoms with Crippen molar-refractivity contribution in [1.82, 2.24) is 9.80 Å². The van der Waals surface area contributed by atoms with Crippen molar-refractivity contribution in [3.8, 4) is 0 Å². The molecule has 0 aliphatic carbocycles. The molecule has 0 radical (unpaired) electrons. The molecule has 7 heteroatoms. The van der Waals surface area contributed by atoms with Gasteiger partial charge >= 0.3 is 6.09 Å². The van der Waals surface area contributed by atoms with Crippen LogP contribution in [0.3, 0.4) is 0 Å². The highest BCUT2D eigenvalue weighted by atomic mass is 16.6. The standard InChI is InChI=1S/C14H28N2O5/c1-14(2,3)21-13(19)16-6-5-15(7-11(16)9-17)8-12(18)10-20-4/h11-12,17-18H,5-10H2,1-4H3/t11-,12-/m0/s1. The lowest BCUT2D eigenvalue weighted by molar-refractivity contribution is -0.0236. The van der Waals surface area contributed by atoms with Crippen LogP contribution in [-0.4, -0.2) is 90.4 Å². The predicted octanol–water partition coefficient (Wildman–Crippen LogP) is -0.0927. The first-order valence-electron chi connectivity index (χ1n) is 7.26. The van der Waals surface area contributed by atoms with Gasteiger partial charge < -0.3 is 24.6 Å². The van der Waals surface area contributed by atoms with Crippen molar-refractivity contribution in [1.29, 1.82) is 0 Å². The van der Waals surface area contributed by atoms with E-state index >= 15 is 0 Å². The van der Waals surface area contributed by atoms with E-state index in [-0.39, 0.29) is 19.3 Å². The second-order valence-electron chi connectivity index (χ2n) is 6.38. The number of hydrogen-bond acceptors (Lipinski definition) is 6. The molecule has 1 aliphatic rings. The smallest absolute Gasteiger partial charge is 0.410 e. The number of ether oxygens (including phenoxy) is 2. The van der Waals surface area contributed by atoms with Crippen LogP contribution < -0.4 is 0 Å². The van der Waals surface area contributed by atoms with Gasteiger partial charge in [-0.15, -0.1) is 0 Å². The number of piperazine rings is 1. The van der Waals surface area contributed by atoms with Crippen molar-refractivity contribution in [3.63, 3.8) is 0 Å². The van der Waals surface area contributed by atoms with Crippen LogP contribution in [0.2, 0.25) is 0 Å². The van der Waals surface area contributed by atoms with Gasteiger partial charge in [-0.1, -0.05) is 0 Å². The van der Waals surface area contributed by atoms with Crippen LogP contribution in [0.25, 0.3) is 0 Å². The molecule has 2 atom stereocenters. The second kappa shape index (κ2) is 7.93. The van der Waals surface area contributed by atoms with Gasteiger partial charge in [0.15, 0.2) is 0 Å². The van der Waals surface area contributed by atoms with Crippen molar-refractivity contribution < 1.29 is 24.5 Å². The van der Waals surface area contributed by atoms with Gasteiger partial charge in [-0.3, -0.25) is 4.90 Å². The Morgan fingerprint density at radius 1 is 1.38 bits per heavy atom. The van der Waals surface area contributed by atoms with E-state index in [0.29, 0.717) is 26.2 Å². The number of amides is 1. The van der Waals surface area contributed by atoms with E-state index in [4.69, 9.17) is 9.47 Å². The minimum Gasteiger partial charge on any atom is -0.444 e. The molecular formula is C14H28N2O5. The van der Waals surface area contributed by atoms with Gasteiger partial charge in [0.25, 0.3) is 0 Å². The number of aliphatic hydroxyl groups is 2. The number of nitrogens with zero attached hydrogens (tertiary/aromatic N) is 2. The molecule has 1 rings (SSSR count). The number of methoxy groups -OCH3 is 1. The van der Waals surface area contributed by atoms with Crippen molar-refractivity contribution in [2.24, 2.45) is 0 Å². The monoisotopic (exact) mass is 304 g/mol. The molecule has 7 nitrogen and oxygen atoms in total. The zero-order valence-corrected chi connectivity index (χ0v) is 13.4. The molecule has 1 aliphatic heterocycles. The van der Waals surface area contributed by atoms with E-state index in [2.05, 4.69) is 0 Å². The van der Waals surface area contributed by atoms with E-state index in [9.17, 15) is 15.0 Å². The Kier molecular flexibility index (Phi) is 6.86. The maximum atomic E-state index is 12.1. The zero-order valence-electron chi connectivity index (χ0n) is 13.4. The average Bonchev–Trinajstić information content (AvgIpc) is 2.36. The first-order chi connectivity index (χ1) is 9.76. The summed E-state index contributed by atoms with van der Waals surface area (Å²) in [4.78, 5) is 15.7. The number of rotatable bonds is 5. The molecule has 0 aromatic carbocycles. The van der Waals surface area contributed by atoms with Gasteiger partial charge in [0.1, 0.15) is 5.60 Å². The number of carbonyl (C=O) groups excluding carboxylic acids is 1. The fourth-order valence-corrected chi connectivity index (χ4v) is 2.35. The van der Waals surface area contributed by atoms with Crippen LogP contribution >= 0.6 is 0 Å².